The summed E-state index contributed by atoms with van der Waals surface area (Å²) in [4.78, 5) is 41.4. The Hall–Kier alpha value is -3.55. The maximum absolute atomic E-state index is 12.6. The van der Waals surface area contributed by atoms with Crippen LogP contribution in [-0.4, -0.2) is 27.7 Å². The Bertz CT molecular complexity index is 1010. The zero-order chi connectivity index (χ0) is 18.8. The molecule has 0 spiro atoms. The Morgan fingerprint density at radius 3 is 2.62 bits per heavy atom. The summed E-state index contributed by atoms with van der Waals surface area (Å²) in [6, 6.07) is 6.12. The number of phenols is 1. The van der Waals surface area contributed by atoms with E-state index in [1.54, 1.807) is 19.1 Å². The van der Waals surface area contributed by atoms with Crippen molar-refractivity contribution < 1.29 is 14.6 Å². The number of rotatable bonds is 4. The molecule has 0 bridgehead atoms. The fourth-order valence-electron chi connectivity index (χ4n) is 2.97. The summed E-state index contributed by atoms with van der Waals surface area (Å²) in [5, 5.41) is 12.4. The lowest BCUT2D eigenvalue weighted by molar-refractivity contribution is -0.138. The van der Waals surface area contributed by atoms with Gasteiger partial charge >= 0.3 is 11.7 Å². The minimum absolute atomic E-state index is 0.0206. The number of carbonyl (C=O) groups excluding carboxylic acids is 1. The van der Waals surface area contributed by atoms with E-state index in [-0.39, 0.29) is 29.3 Å². The summed E-state index contributed by atoms with van der Waals surface area (Å²) in [7, 11) is 0. The molecule has 0 radical (unpaired) electrons. The molecule has 26 heavy (non-hydrogen) atoms. The SMILES string of the molecule is C=CCOC(=O)C1=C(C)Nc2[nH]c(=O)[nH]c(=O)c2[C@H]1c1ccc(O)cc1. The van der Waals surface area contributed by atoms with Crippen LogP contribution in [-0.2, 0) is 9.53 Å². The molecular weight excluding hydrogens is 338 g/mol. The molecule has 0 aliphatic carbocycles. The van der Waals surface area contributed by atoms with Gasteiger partial charge in [0.1, 0.15) is 18.2 Å². The third kappa shape index (κ3) is 3.04. The molecule has 8 heteroatoms. The molecule has 1 aromatic carbocycles. The zero-order valence-electron chi connectivity index (χ0n) is 14.0. The molecule has 1 aromatic heterocycles. The molecule has 0 fully saturated rings. The van der Waals surface area contributed by atoms with E-state index in [0.29, 0.717) is 11.3 Å². The molecule has 0 saturated carbocycles. The normalized spacial score (nSPS) is 15.8. The summed E-state index contributed by atoms with van der Waals surface area (Å²) in [5.74, 6) is -1.11. The Kier molecular flexibility index (Phi) is 4.49. The number of aromatic nitrogens is 2. The van der Waals surface area contributed by atoms with Gasteiger partial charge in [-0.25, -0.2) is 9.59 Å². The molecule has 3 rings (SSSR count). The van der Waals surface area contributed by atoms with E-state index in [1.807, 2.05) is 0 Å². The van der Waals surface area contributed by atoms with Crippen molar-refractivity contribution in [3.8, 4) is 5.75 Å². The summed E-state index contributed by atoms with van der Waals surface area (Å²) in [5.41, 5.74) is 0.194. The van der Waals surface area contributed by atoms with E-state index in [0.717, 1.165) is 0 Å². The fourth-order valence-corrected chi connectivity index (χ4v) is 2.97. The largest absolute Gasteiger partial charge is 0.508 e. The molecule has 0 amide bonds. The third-order valence-corrected chi connectivity index (χ3v) is 4.05. The van der Waals surface area contributed by atoms with Crippen LogP contribution in [0.3, 0.4) is 0 Å². The van der Waals surface area contributed by atoms with Crippen molar-refractivity contribution in [2.45, 2.75) is 12.8 Å². The van der Waals surface area contributed by atoms with Gasteiger partial charge in [0, 0.05) is 5.70 Å². The zero-order valence-corrected chi connectivity index (χ0v) is 14.0. The van der Waals surface area contributed by atoms with Gasteiger partial charge in [0.15, 0.2) is 0 Å². The number of aromatic hydroxyl groups is 1. The van der Waals surface area contributed by atoms with Crippen LogP contribution in [0.5, 0.6) is 5.75 Å². The van der Waals surface area contributed by atoms with Crippen LogP contribution in [0.15, 0.2) is 57.8 Å². The van der Waals surface area contributed by atoms with E-state index in [1.165, 1.54) is 18.2 Å². The van der Waals surface area contributed by atoms with Gasteiger partial charge < -0.3 is 15.2 Å². The number of benzene rings is 1. The lowest BCUT2D eigenvalue weighted by Gasteiger charge is -2.28. The van der Waals surface area contributed by atoms with Crippen LogP contribution in [0.4, 0.5) is 5.82 Å². The molecule has 134 valence electrons. The van der Waals surface area contributed by atoms with Gasteiger partial charge in [0.25, 0.3) is 5.56 Å². The maximum atomic E-state index is 12.6. The van der Waals surface area contributed by atoms with Gasteiger partial charge in [-0.05, 0) is 24.6 Å². The second-order valence-corrected chi connectivity index (χ2v) is 5.77. The second-order valence-electron chi connectivity index (χ2n) is 5.77. The van der Waals surface area contributed by atoms with Gasteiger partial charge in [0.05, 0.1) is 17.1 Å². The van der Waals surface area contributed by atoms with Gasteiger partial charge in [-0.1, -0.05) is 24.8 Å². The van der Waals surface area contributed by atoms with E-state index < -0.39 is 23.1 Å². The van der Waals surface area contributed by atoms with Crippen LogP contribution >= 0.6 is 0 Å². The number of H-pyrrole nitrogens is 2. The molecule has 2 aromatic rings. The molecule has 8 nitrogen and oxygen atoms in total. The summed E-state index contributed by atoms with van der Waals surface area (Å²) in [6.45, 7) is 5.19. The lowest BCUT2D eigenvalue weighted by atomic mass is 9.82. The highest BCUT2D eigenvalue weighted by atomic mass is 16.5. The number of esters is 1. The minimum atomic E-state index is -0.773. The Labute approximate surface area is 147 Å². The molecule has 2 heterocycles. The van der Waals surface area contributed by atoms with E-state index in [9.17, 15) is 19.5 Å². The molecule has 0 saturated heterocycles. The Morgan fingerprint density at radius 2 is 1.96 bits per heavy atom. The van der Waals surface area contributed by atoms with Crippen LogP contribution in [0, 0.1) is 0 Å². The number of allylic oxidation sites excluding steroid dienone is 1. The second kappa shape index (κ2) is 6.75. The van der Waals surface area contributed by atoms with E-state index >= 15 is 0 Å². The van der Waals surface area contributed by atoms with Crippen LogP contribution in [0.2, 0.25) is 0 Å². The minimum Gasteiger partial charge on any atom is -0.508 e. The van der Waals surface area contributed by atoms with Crippen molar-refractivity contribution >= 4 is 11.8 Å². The number of phenolic OH excluding ortho intramolecular Hbond substituents is 1. The lowest BCUT2D eigenvalue weighted by Crippen LogP contribution is -2.35. The molecule has 1 aliphatic heterocycles. The summed E-state index contributed by atoms with van der Waals surface area (Å²) < 4.78 is 5.17. The van der Waals surface area contributed by atoms with E-state index in [2.05, 4.69) is 21.9 Å². The number of ether oxygens (including phenoxy) is 1. The number of aromatic amines is 2. The first kappa shape index (κ1) is 17.3. The molecule has 4 N–H and O–H groups in total. The predicted molar refractivity (Wildman–Crippen MR) is 95.1 cm³/mol. The number of carbonyl (C=O) groups is 1. The third-order valence-electron chi connectivity index (χ3n) is 4.05. The quantitative estimate of drug-likeness (QED) is 0.484. The standard InChI is InChI=1S/C18H17N3O5/c1-3-8-26-17(24)12-9(2)19-15-14(16(23)21-18(25)20-15)13(12)10-4-6-11(22)7-5-10/h3-7,13,22H,1,8H2,2H3,(H3,19,20,21,23,25)/t13-/m0/s1. The smallest absolute Gasteiger partial charge is 0.337 e. The first-order chi connectivity index (χ1) is 12.4. The Morgan fingerprint density at radius 1 is 1.27 bits per heavy atom. The van der Waals surface area contributed by atoms with Gasteiger partial charge in [-0.15, -0.1) is 0 Å². The van der Waals surface area contributed by atoms with Crippen LogP contribution < -0.4 is 16.6 Å². The topological polar surface area (TPSA) is 124 Å². The highest BCUT2D eigenvalue weighted by Gasteiger charge is 2.35. The van der Waals surface area contributed by atoms with Gasteiger partial charge in [-0.3, -0.25) is 14.8 Å². The van der Waals surface area contributed by atoms with E-state index in [4.69, 9.17) is 4.74 Å². The summed E-state index contributed by atoms with van der Waals surface area (Å²) >= 11 is 0. The molecule has 0 unspecified atom stereocenters. The summed E-state index contributed by atoms with van der Waals surface area (Å²) in [6.07, 6.45) is 1.44. The number of nitrogens with one attached hydrogen (secondary N) is 3. The monoisotopic (exact) mass is 355 g/mol. The molecule has 1 aliphatic rings. The van der Waals surface area contributed by atoms with Crippen molar-refractivity contribution in [3.63, 3.8) is 0 Å². The number of hydrogen-bond acceptors (Lipinski definition) is 6. The predicted octanol–water partition coefficient (Wildman–Crippen LogP) is 1.33. The first-order valence-electron chi connectivity index (χ1n) is 7.83. The average molecular weight is 355 g/mol. The van der Waals surface area contributed by atoms with Gasteiger partial charge in [-0.2, -0.15) is 0 Å². The number of fused-ring (bicyclic) bond motifs is 1. The van der Waals surface area contributed by atoms with Crippen molar-refractivity contribution in [1.82, 2.24) is 9.97 Å². The first-order valence-corrected chi connectivity index (χ1v) is 7.83. The fraction of sp³-hybridized carbons (Fsp3) is 0.167. The van der Waals surface area contributed by atoms with Crippen LogP contribution in [0.1, 0.15) is 24.0 Å². The molecular formula is C18H17N3O5. The number of anilines is 1. The molecule has 1 atom stereocenters. The van der Waals surface area contributed by atoms with Gasteiger partial charge in [0.2, 0.25) is 0 Å². The highest BCUT2D eigenvalue weighted by molar-refractivity contribution is 5.94. The Balaban J connectivity index is 2.23. The van der Waals surface area contributed by atoms with Crippen molar-refractivity contribution in [3.05, 3.63) is 80.2 Å². The average Bonchev–Trinajstić information content (AvgIpc) is 2.59. The van der Waals surface area contributed by atoms with Crippen LogP contribution in [0.25, 0.3) is 0 Å². The van der Waals surface area contributed by atoms with Crippen molar-refractivity contribution in [2.75, 3.05) is 11.9 Å². The van der Waals surface area contributed by atoms with Crippen molar-refractivity contribution in [1.29, 1.82) is 0 Å². The number of hydrogen-bond donors (Lipinski definition) is 4. The highest BCUT2D eigenvalue weighted by Crippen LogP contribution is 2.39. The maximum Gasteiger partial charge on any atom is 0.337 e. The van der Waals surface area contributed by atoms with Crippen molar-refractivity contribution in [2.24, 2.45) is 0 Å².